The van der Waals surface area contributed by atoms with Gasteiger partial charge in [0.2, 0.25) is 0 Å². The van der Waals surface area contributed by atoms with E-state index in [1.54, 1.807) is 12.1 Å². The molecule has 0 radical (unpaired) electrons. The number of hydrogen-bond acceptors (Lipinski definition) is 8. The zero-order valence-corrected chi connectivity index (χ0v) is 31.5. The van der Waals surface area contributed by atoms with E-state index in [4.69, 9.17) is 10.5 Å². The van der Waals surface area contributed by atoms with E-state index in [2.05, 4.69) is 59.4 Å². The zero-order chi connectivity index (χ0) is 38.0. The Hall–Kier alpha value is -4.20. The number of nitrogens with two attached hydrogens (primary N) is 1. The van der Waals surface area contributed by atoms with Gasteiger partial charge in [0.05, 0.1) is 24.1 Å². The van der Waals surface area contributed by atoms with E-state index < -0.39 is 30.5 Å². The van der Waals surface area contributed by atoms with Gasteiger partial charge in [0.1, 0.15) is 12.2 Å². The van der Waals surface area contributed by atoms with Gasteiger partial charge >= 0.3 is 0 Å². The molecule has 2 aliphatic carbocycles. The van der Waals surface area contributed by atoms with Gasteiger partial charge in [0.25, 0.3) is 0 Å². The predicted molar refractivity (Wildman–Crippen MR) is 211 cm³/mol. The number of allylic oxidation sites excluding steroid dienone is 2. The molecule has 9 N–H and O–H groups in total. The number of benzene rings is 2. The first kappa shape index (κ1) is 39.5. The van der Waals surface area contributed by atoms with Crippen molar-refractivity contribution >= 4 is 0 Å². The maximum Gasteiger partial charge on any atom is 0.161 e. The molecule has 0 bridgehead atoms. The fourth-order valence-corrected chi connectivity index (χ4v) is 8.72. The number of H-pyrrole nitrogens is 1. The molecule has 6 rings (SSSR count). The Morgan fingerprint density at radius 1 is 0.907 bits per heavy atom. The second-order valence-electron chi connectivity index (χ2n) is 15.8. The maximum atomic E-state index is 11.5. The molecule has 0 saturated heterocycles. The number of phenolic OH excluding ortho intramolecular Hbond substituents is 1. The van der Waals surface area contributed by atoms with E-state index in [0.29, 0.717) is 63.2 Å². The maximum absolute atomic E-state index is 11.5. The molecule has 10 atom stereocenters. The van der Waals surface area contributed by atoms with E-state index >= 15 is 0 Å². The average molecular weight is 738 g/mol. The van der Waals surface area contributed by atoms with Crippen LogP contribution < -0.4 is 15.8 Å². The quantitative estimate of drug-likeness (QED) is 0.106. The SMILES string of the molecule is C[C@H](Cc1ccccc1)[C@@H]1C#CC[C@H]([C@H](O)CCc2ccc(O)c(O[C@H]3[C@H](O)[C@H](O)CC[C@@H]3[C@H](Cc3ccc[nH]3)C3=CCNC(N)=C3)c2)[C@@H](O)CCCC1. The molecule has 1 aromatic heterocycles. The highest BCUT2D eigenvalue weighted by Crippen LogP contribution is 2.41. The molecule has 1 fully saturated rings. The summed E-state index contributed by atoms with van der Waals surface area (Å²) in [6, 6.07) is 19.7. The molecule has 2 aromatic carbocycles. The minimum absolute atomic E-state index is 0.0643. The van der Waals surface area contributed by atoms with Crippen molar-refractivity contribution in [2.24, 2.45) is 35.3 Å². The number of rotatable bonds is 13. The molecule has 1 aliphatic heterocycles. The van der Waals surface area contributed by atoms with Crippen molar-refractivity contribution in [1.29, 1.82) is 0 Å². The first-order chi connectivity index (χ1) is 26.2. The number of aromatic amines is 1. The van der Waals surface area contributed by atoms with Crippen LogP contribution in [-0.2, 0) is 19.3 Å². The number of aryl methyl sites for hydroxylation is 1. The van der Waals surface area contributed by atoms with Gasteiger partial charge in [0.15, 0.2) is 11.5 Å². The molecule has 1 saturated carbocycles. The summed E-state index contributed by atoms with van der Waals surface area (Å²) >= 11 is 0. The predicted octanol–water partition coefficient (Wildman–Crippen LogP) is 5.52. The summed E-state index contributed by atoms with van der Waals surface area (Å²) < 4.78 is 6.52. The summed E-state index contributed by atoms with van der Waals surface area (Å²) in [6.45, 7) is 2.86. The number of aliphatic hydroxyl groups is 4. The fraction of sp³-hybridized carbons (Fsp3) is 0.511. The first-order valence-electron chi connectivity index (χ1n) is 19.9. The van der Waals surface area contributed by atoms with Gasteiger partial charge in [-0.1, -0.05) is 68.2 Å². The summed E-state index contributed by atoms with van der Waals surface area (Å²) in [7, 11) is 0. The first-order valence-corrected chi connectivity index (χ1v) is 19.9. The third-order valence-corrected chi connectivity index (χ3v) is 11.9. The lowest BCUT2D eigenvalue weighted by molar-refractivity contribution is -0.108. The minimum atomic E-state index is -1.17. The lowest BCUT2D eigenvalue weighted by atomic mass is 9.70. The Balaban J connectivity index is 1.14. The van der Waals surface area contributed by atoms with Crippen LogP contribution >= 0.6 is 0 Å². The Bertz CT molecular complexity index is 1750. The number of aliphatic hydroxyl groups excluding tert-OH is 4. The molecule has 2 heterocycles. The fourth-order valence-electron chi connectivity index (χ4n) is 8.72. The van der Waals surface area contributed by atoms with E-state index in [1.807, 2.05) is 36.5 Å². The smallest absolute Gasteiger partial charge is 0.161 e. The summed E-state index contributed by atoms with van der Waals surface area (Å²) in [5.41, 5.74) is 10.4. The van der Waals surface area contributed by atoms with E-state index in [1.165, 1.54) is 5.56 Å². The third-order valence-electron chi connectivity index (χ3n) is 11.9. The average Bonchev–Trinajstić information content (AvgIpc) is 3.69. The van der Waals surface area contributed by atoms with Crippen molar-refractivity contribution in [3.05, 3.63) is 107 Å². The van der Waals surface area contributed by atoms with Crippen molar-refractivity contribution in [3.8, 4) is 23.3 Å². The number of hydrogen-bond donors (Lipinski definition) is 8. The molecule has 0 spiro atoms. The zero-order valence-electron chi connectivity index (χ0n) is 31.5. The lowest BCUT2D eigenvalue weighted by Gasteiger charge is -2.42. The Labute approximate surface area is 320 Å². The lowest BCUT2D eigenvalue weighted by Crippen LogP contribution is -2.52. The second kappa shape index (κ2) is 18.9. The van der Waals surface area contributed by atoms with Crippen LogP contribution in [0.5, 0.6) is 11.5 Å². The minimum Gasteiger partial charge on any atom is -0.504 e. The van der Waals surface area contributed by atoms with Crippen molar-refractivity contribution in [2.45, 2.75) is 108 Å². The normalized spacial score (nSPS) is 27.9. The van der Waals surface area contributed by atoms with Crippen LogP contribution in [0.2, 0.25) is 0 Å². The van der Waals surface area contributed by atoms with Gasteiger partial charge in [-0.3, -0.25) is 0 Å². The highest BCUT2D eigenvalue weighted by Gasteiger charge is 2.44. The number of nitrogens with one attached hydrogen (secondary N) is 2. The van der Waals surface area contributed by atoms with Crippen molar-refractivity contribution in [1.82, 2.24) is 10.3 Å². The van der Waals surface area contributed by atoms with Crippen molar-refractivity contribution < 1.29 is 30.3 Å². The third kappa shape index (κ3) is 10.3. The molecule has 54 heavy (non-hydrogen) atoms. The van der Waals surface area contributed by atoms with Gasteiger partial charge in [0, 0.05) is 42.6 Å². The largest absolute Gasteiger partial charge is 0.504 e. The molecule has 0 unspecified atom stereocenters. The molecule has 0 amide bonds. The summed E-state index contributed by atoms with van der Waals surface area (Å²) in [5, 5.41) is 58.9. The van der Waals surface area contributed by atoms with Crippen LogP contribution in [0.4, 0.5) is 0 Å². The number of dihydropyridines is 1. The summed E-state index contributed by atoms with van der Waals surface area (Å²) in [5.74, 6) is 7.67. The number of aromatic nitrogens is 1. The van der Waals surface area contributed by atoms with Crippen molar-refractivity contribution in [3.63, 3.8) is 0 Å². The Morgan fingerprint density at radius 2 is 1.72 bits per heavy atom. The standard InChI is InChI=1S/C45H59N3O6/c1-29(25-30-9-3-2-4-10-30)32-11-5-6-15-38(49)36(14-7-12-32)39(50)19-16-31-17-20-40(51)42(26-31)54-45-35(18-21-41(52)44(45)53)37(28-34-13-8-23-47-34)33-22-24-48-43(46)27-33/h2-4,8-10,13,17,20,22-23,26-27,29,32,35-39,41,44-45,47-53H,5-6,11,14-16,18-19,21,24-25,28,46H2,1H3/t29-,32+,35-,36+,37-,38+,39-,41-,44-,45-/m1/s1. The molecule has 290 valence electrons. The summed E-state index contributed by atoms with van der Waals surface area (Å²) in [6.07, 6.45) is 9.12. The molecule has 3 aliphatic rings. The van der Waals surface area contributed by atoms with Crippen LogP contribution in [0.25, 0.3) is 0 Å². The van der Waals surface area contributed by atoms with Gasteiger partial charge in [-0.15, -0.1) is 5.92 Å². The number of ether oxygens (including phenoxy) is 1. The van der Waals surface area contributed by atoms with Crippen LogP contribution in [0.3, 0.4) is 0 Å². The van der Waals surface area contributed by atoms with E-state index in [9.17, 15) is 25.5 Å². The monoisotopic (exact) mass is 737 g/mol. The highest BCUT2D eigenvalue weighted by molar-refractivity contribution is 5.42. The van der Waals surface area contributed by atoms with Crippen LogP contribution in [0.1, 0.15) is 75.1 Å². The number of aromatic hydroxyl groups is 1. The van der Waals surface area contributed by atoms with Gasteiger partial charge in [-0.2, -0.15) is 0 Å². The van der Waals surface area contributed by atoms with Gasteiger partial charge in [-0.05, 0) is 110 Å². The molecule has 3 aromatic rings. The molecule has 9 heteroatoms. The Morgan fingerprint density at radius 3 is 2.50 bits per heavy atom. The van der Waals surface area contributed by atoms with Crippen LogP contribution in [0.15, 0.2) is 90.4 Å². The van der Waals surface area contributed by atoms with Gasteiger partial charge < -0.3 is 46.3 Å². The molecular weight excluding hydrogens is 679 g/mol. The Kier molecular flexibility index (Phi) is 13.8. The summed E-state index contributed by atoms with van der Waals surface area (Å²) in [4.78, 5) is 3.30. The van der Waals surface area contributed by atoms with E-state index in [-0.39, 0.29) is 35.2 Å². The highest BCUT2D eigenvalue weighted by atomic mass is 16.5. The van der Waals surface area contributed by atoms with Crippen LogP contribution in [0, 0.1) is 41.4 Å². The molecule has 9 nitrogen and oxygen atoms in total. The van der Waals surface area contributed by atoms with Crippen LogP contribution in [-0.4, -0.2) is 67.6 Å². The second-order valence-corrected chi connectivity index (χ2v) is 15.8. The van der Waals surface area contributed by atoms with E-state index in [0.717, 1.165) is 42.5 Å². The number of phenols is 1. The van der Waals surface area contributed by atoms with Crippen molar-refractivity contribution in [2.75, 3.05) is 6.54 Å². The van der Waals surface area contributed by atoms with Gasteiger partial charge in [-0.25, -0.2) is 0 Å². The molecular formula is C45H59N3O6. The topological polar surface area (TPSA) is 164 Å².